The molecule has 1 aromatic heterocycles. The maximum Gasteiger partial charge on any atom is 0.276 e. The fourth-order valence-electron chi connectivity index (χ4n) is 2.13. The Hall–Kier alpha value is -3.03. The smallest absolute Gasteiger partial charge is 0.276 e. The molecule has 0 aliphatic heterocycles. The number of carbonyl (C=O) groups excluding carboxylic acids is 2. The highest BCUT2D eigenvalue weighted by molar-refractivity contribution is 6.03. The van der Waals surface area contributed by atoms with E-state index in [9.17, 15) is 18.8 Å². The minimum absolute atomic E-state index is 0.0000308. The zero-order valence-electron chi connectivity index (χ0n) is 14.0. The van der Waals surface area contributed by atoms with Crippen LogP contribution in [0.3, 0.4) is 0 Å². The van der Waals surface area contributed by atoms with Crippen LogP contribution in [0, 0.1) is 5.82 Å². The van der Waals surface area contributed by atoms with E-state index in [0.29, 0.717) is 12.2 Å². The van der Waals surface area contributed by atoms with Crippen molar-refractivity contribution in [1.29, 1.82) is 0 Å². The topological polar surface area (TPSA) is 93.1 Å². The summed E-state index contributed by atoms with van der Waals surface area (Å²) in [6.45, 7) is 3.71. The monoisotopic (exact) mass is 346 g/mol. The van der Waals surface area contributed by atoms with Crippen molar-refractivity contribution in [2.24, 2.45) is 0 Å². The second kappa shape index (κ2) is 8.18. The first-order valence-corrected chi connectivity index (χ1v) is 7.87. The molecule has 0 aliphatic rings. The number of aryl methyl sites for hydroxylation is 1. The number of nitrogens with one attached hydrogen (secondary N) is 2. The molecule has 2 rings (SSSR count). The lowest BCUT2D eigenvalue weighted by Crippen LogP contribution is -2.26. The van der Waals surface area contributed by atoms with Crippen LogP contribution in [0.4, 0.5) is 15.8 Å². The van der Waals surface area contributed by atoms with Crippen molar-refractivity contribution in [2.45, 2.75) is 33.2 Å². The van der Waals surface area contributed by atoms with Gasteiger partial charge in [-0.2, -0.15) is 5.10 Å². The SMILES string of the molecule is CCCCn1nc(C(=O)Nc2cc(NC(C)=O)ccc2F)ccc1=O. The van der Waals surface area contributed by atoms with E-state index in [2.05, 4.69) is 15.7 Å². The van der Waals surface area contributed by atoms with Crippen LogP contribution in [0.15, 0.2) is 35.1 Å². The highest BCUT2D eigenvalue weighted by Crippen LogP contribution is 2.20. The Morgan fingerprint density at radius 3 is 2.64 bits per heavy atom. The van der Waals surface area contributed by atoms with Gasteiger partial charge in [-0.25, -0.2) is 9.07 Å². The van der Waals surface area contributed by atoms with Crippen molar-refractivity contribution >= 4 is 23.2 Å². The standard InChI is InChI=1S/C17H19FN4O3/c1-3-4-9-22-16(24)8-7-14(21-22)17(25)20-15-10-12(19-11(2)23)5-6-13(15)18/h5-8,10H,3-4,9H2,1-2H3,(H,19,23)(H,20,25). The number of nitrogens with zero attached hydrogens (tertiary/aromatic N) is 2. The summed E-state index contributed by atoms with van der Waals surface area (Å²) < 4.78 is 15.1. The normalized spacial score (nSPS) is 10.4. The average Bonchev–Trinajstić information content (AvgIpc) is 2.56. The van der Waals surface area contributed by atoms with Gasteiger partial charge in [-0.15, -0.1) is 0 Å². The predicted octanol–water partition coefficient (Wildman–Crippen LogP) is 2.39. The number of halogens is 1. The van der Waals surface area contributed by atoms with Crippen molar-refractivity contribution in [3.8, 4) is 0 Å². The van der Waals surface area contributed by atoms with Crippen LogP contribution >= 0.6 is 0 Å². The van der Waals surface area contributed by atoms with Gasteiger partial charge in [-0.05, 0) is 30.7 Å². The number of anilines is 2. The van der Waals surface area contributed by atoms with Gasteiger partial charge in [0.25, 0.3) is 11.5 Å². The fraction of sp³-hybridized carbons (Fsp3) is 0.294. The first-order chi connectivity index (χ1) is 11.9. The lowest BCUT2D eigenvalue weighted by atomic mass is 10.2. The van der Waals surface area contributed by atoms with Gasteiger partial charge >= 0.3 is 0 Å². The van der Waals surface area contributed by atoms with Crippen molar-refractivity contribution in [3.63, 3.8) is 0 Å². The number of hydrogen-bond acceptors (Lipinski definition) is 4. The van der Waals surface area contributed by atoms with Crippen LogP contribution in [0.1, 0.15) is 37.2 Å². The van der Waals surface area contributed by atoms with E-state index in [1.54, 1.807) is 0 Å². The molecule has 0 unspecified atom stereocenters. The molecular weight excluding hydrogens is 327 g/mol. The second-order valence-electron chi connectivity index (χ2n) is 5.46. The van der Waals surface area contributed by atoms with E-state index in [1.807, 2.05) is 6.92 Å². The zero-order chi connectivity index (χ0) is 18.4. The van der Waals surface area contributed by atoms with Gasteiger partial charge in [0.05, 0.1) is 5.69 Å². The zero-order valence-corrected chi connectivity index (χ0v) is 14.0. The van der Waals surface area contributed by atoms with E-state index < -0.39 is 11.7 Å². The predicted molar refractivity (Wildman–Crippen MR) is 92.1 cm³/mol. The molecule has 8 heteroatoms. The van der Waals surface area contributed by atoms with Crippen LogP contribution in [0.2, 0.25) is 0 Å². The molecule has 0 atom stereocenters. The maximum atomic E-state index is 13.9. The molecule has 0 aliphatic carbocycles. The molecule has 1 heterocycles. The first-order valence-electron chi connectivity index (χ1n) is 7.87. The second-order valence-corrected chi connectivity index (χ2v) is 5.46. The van der Waals surface area contributed by atoms with E-state index >= 15 is 0 Å². The van der Waals surface area contributed by atoms with Gasteiger partial charge in [0.2, 0.25) is 5.91 Å². The van der Waals surface area contributed by atoms with Gasteiger partial charge in [-0.3, -0.25) is 14.4 Å². The quantitative estimate of drug-likeness (QED) is 0.840. The average molecular weight is 346 g/mol. The Bertz CT molecular complexity index is 848. The van der Waals surface area contributed by atoms with Crippen LogP contribution < -0.4 is 16.2 Å². The number of unbranched alkanes of at least 4 members (excludes halogenated alkanes) is 1. The minimum atomic E-state index is -0.651. The Kier molecular flexibility index (Phi) is 5.99. The van der Waals surface area contributed by atoms with Crippen molar-refractivity contribution in [2.75, 3.05) is 10.6 Å². The van der Waals surface area contributed by atoms with Crippen molar-refractivity contribution in [1.82, 2.24) is 9.78 Å². The van der Waals surface area contributed by atoms with Crippen molar-refractivity contribution < 1.29 is 14.0 Å². The summed E-state index contributed by atoms with van der Waals surface area (Å²) in [7, 11) is 0. The highest BCUT2D eigenvalue weighted by Gasteiger charge is 2.13. The van der Waals surface area contributed by atoms with Gasteiger partial charge in [-0.1, -0.05) is 13.3 Å². The molecule has 2 amide bonds. The third kappa shape index (κ3) is 4.97. The summed E-state index contributed by atoms with van der Waals surface area (Å²) in [6, 6.07) is 6.37. The Morgan fingerprint density at radius 1 is 1.20 bits per heavy atom. The van der Waals surface area contributed by atoms with E-state index in [0.717, 1.165) is 18.9 Å². The summed E-state index contributed by atoms with van der Waals surface area (Å²) in [5, 5.41) is 8.91. The minimum Gasteiger partial charge on any atom is -0.326 e. The molecule has 0 spiro atoms. The van der Waals surface area contributed by atoms with E-state index in [4.69, 9.17) is 0 Å². The summed E-state index contributed by atoms with van der Waals surface area (Å²) in [5.41, 5.74) is -0.0432. The van der Waals surface area contributed by atoms with Gasteiger partial charge < -0.3 is 10.6 Å². The lowest BCUT2D eigenvalue weighted by Gasteiger charge is -2.10. The lowest BCUT2D eigenvalue weighted by molar-refractivity contribution is -0.114. The molecule has 2 N–H and O–H groups in total. The first kappa shape index (κ1) is 18.3. The Morgan fingerprint density at radius 2 is 1.96 bits per heavy atom. The third-order valence-electron chi connectivity index (χ3n) is 3.36. The molecule has 0 radical (unpaired) electrons. The van der Waals surface area contributed by atoms with Crippen molar-refractivity contribution in [3.05, 3.63) is 52.2 Å². The number of carbonyl (C=O) groups is 2. The Balaban J connectivity index is 2.22. The molecule has 0 saturated heterocycles. The summed E-state index contributed by atoms with van der Waals surface area (Å²) >= 11 is 0. The molecule has 7 nitrogen and oxygen atoms in total. The molecule has 132 valence electrons. The summed E-state index contributed by atoms with van der Waals surface area (Å²) in [6.07, 6.45) is 1.64. The van der Waals surface area contributed by atoms with E-state index in [-0.39, 0.29) is 22.8 Å². The summed E-state index contributed by atoms with van der Waals surface area (Å²) in [5.74, 6) is -1.61. The largest absolute Gasteiger partial charge is 0.326 e. The number of benzene rings is 1. The van der Waals surface area contributed by atoms with Crippen LogP contribution in [-0.4, -0.2) is 21.6 Å². The summed E-state index contributed by atoms with van der Waals surface area (Å²) in [4.78, 5) is 35.1. The molecule has 0 bridgehead atoms. The molecule has 2 aromatic rings. The molecule has 25 heavy (non-hydrogen) atoms. The molecule has 0 saturated carbocycles. The van der Waals surface area contributed by atoms with Crippen LogP contribution in [-0.2, 0) is 11.3 Å². The highest BCUT2D eigenvalue weighted by atomic mass is 19.1. The van der Waals surface area contributed by atoms with E-state index in [1.165, 1.54) is 35.9 Å². The van der Waals surface area contributed by atoms with Gasteiger partial charge in [0, 0.05) is 25.2 Å². The number of rotatable bonds is 6. The molecule has 0 fully saturated rings. The van der Waals surface area contributed by atoms with Crippen LogP contribution in [0.25, 0.3) is 0 Å². The number of aromatic nitrogens is 2. The number of hydrogen-bond donors (Lipinski definition) is 2. The molecular formula is C17H19FN4O3. The Labute approximate surface area is 143 Å². The van der Waals surface area contributed by atoms with Gasteiger partial charge in [0.1, 0.15) is 11.5 Å². The fourth-order valence-corrected chi connectivity index (χ4v) is 2.13. The third-order valence-corrected chi connectivity index (χ3v) is 3.36. The van der Waals surface area contributed by atoms with Crippen LogP contribution in [0.5, 0.6) is 0 Å². The molecule has 1 aromatic carbocycles. The maximum absolute atomic E-state index is 13.9. The number of amides is 2. The van der Waals surface area contributed by atoms with Gasteiger partial charge in [0.15, 0.2) is 0 Å².